The molecule has 2 unspecified atom stereocenters. The maximum absolute atomic E-state index is 13.4. The molecule has 7 rings (SSSR count). The van der Waals surface area contributed by atoms with Crippen LogP contribution in [0.5, 0.6) is 11.5 Å². The smallest absolute Gasteiger partial charge is 0.314 e. The van der Waals surface area contributed by atoms with Gasteiger partial charge in [0, 0.05) is 40.7 Å². The van der Waals surface area contributed by atoms with Gasteiger partial charge in [-0.2, -0.15) is 0 Å². The van der Waals surface area contributed by atoms with E-state index in [2.05, 4.69) is 147 Å². The van der Waals surface area contributed by atoms with Gasteiger partial charge in [0.05, 0.1) is 12.5 Å². The average Bonchev–Trinajstić information content (AvgIpc) is 3.44. The van der Waals surface area contributed by atoms with Gasteiger partial charge in [0.1, 0.15) is 11.5 Å². The molecule has 58 heavy (non-hydrogen) atoms. The van der Waals surface area contributed by atoms with E-state index in [1.807, 2.05) is 50.2 Å². The van der Waals surface area contributed by atoms with Crippen LogP contribution in [-0.2, 0) is 11.8 Å². The number of aromatic nitrogens is 1. The van der Waals surface area contributed by atoms with Crippen molar-refractivity contribution in [3.63, 3.8) is 0 Å². The summed E-state index contributed by atoms with van der Waals surface area (Å²) in [4.78, 5) is 15.6. The van der Waals surface area contributed by atoms with Crippen LogP contribution < -0.4 is 14.4 Å². The Morgan fingerprint density at radius 3 is 1.67 bits per heavy atom. The number of esters is 1. The van der Waals surface area contributed by atoms with E-state index in [9.17, 15) is 4.79 Å². The number of anilines is 3. The van der Waals surface area contributed by atoms with Crippen LogP contribution >= 0.6 is 0 Å². The minimum atomic E-state index is -0.262. The van der Waals surface area contributed by atoms with Crippen molar-refractivity contribution in [2.45, 2.75) is 75.2 Å². The summed E-state index contributed by atoms with van der Waals surface area (Å²) in [5.41, 5.74) is 14.1. The number of fused-ring (bicyclic) bond motifs is 1. The molecule has 0 saturated heterocycles. The molecule has 0 fully saturated rings. The van der Waals surface area contributed by atoms with Gasteiger partial charge in [-0.1, -0.05) is 101 Å². The number of rotatable bonds is 13. The number of carbonyl (C=O) groups is 1. The molecule has 0 saturated carbocycles. The van der Waals surface area contributed by atoms with Crippen LogP contribution in [0.4, 0.5) is 17.1 Å². The molecule has 0 spiro atoms. The van der Waals surface area contributed by atoms with Crippen LogP contribution in [0.1, 0.15) is 76.8 Å². The van der Waals surface area contributed by atoms with E-state index < -0.39 is 0 Å². The molecule has 0 amide bonds. The summed E-state index contributed by atoms with van der Waals surface area (Å²) in [5.74, 6) is 1.17. The van der Waals surface area contributed by atoms with Gasteiger partial charge >= 0.3 is 5.97 Å². The molecule has 5 heteroatoms. The molecule has 300 valence electrons. The lowest BCUT2D eigenvalue weighted by molar-refractivity contribution is -0.138. The van der Waals surface area contributed by atoms with E-state index >= 15 is 0 Å². The van der Waals surface area contributed by atoms with Crippen LogP contribution in [-0.4, -0.2) is 17.1 Å². The van der Waals surface area contributed by atoms with Crippen LogP contribution in [0.3, 0.4) is 0 Å². The number of hydrogen-bond donors (Lipinski definition) is 0. The van der Waals surface area contributed by atoms with Crippen molar-refractivity contribution in [2.75, 3.05) is 11.5 Å². The first-order valence-electron chi connectivity index (χ1n) is 19.8. The van der Waals surface area contributed by atoms with Crippen molar-refractivity contribution in [1.82, 2.24) is 4.57 Å². The minimum Gasteiger partial charge on any atom is -0.494 e. The van der Waals surface area contributed by atoms with Crippen molar-refractivity contribution in [2.24, 2.45) is 13.0 Å². The van der Waals surface area contributed by atoms with Crippen molar-refractivity contribution >= 4 is 33.9 Å². The molecule has 0 bridgehead atoms. The number of nitrogens with zero attached hydrogens (tertiary/aromatic N) is 2. The van der Waals surface area contributed by atoms with Gasteiger partial charge in [-0.15, -0.1) is 0 Å². The second-order valence-corrected chi connectivity index (χ2v) is 15.0. The molecule has 0 aliphatic rings. The highest BCUT2D eigenvalue weighted by atomic mass is 16.5. The lowest BCUT2D eigenvalue weighted by Crippen LogP contribution is -2.20. The van der Waals surface area contributed by atoms with Crippen molar-refractivity contribution in [1.29, 1.82) is 0 Å². The highest BCUT2D eigenvalue weighted by Gasteiger charge is 2.22. The first-order valence-corrected chi connectivity index (χ1v) is 19.8. The molecule has 0 N–H and O–H groups in total. The predicted octanol–water partition coefficient (Wildman–Crippen LogP) is 14.7. The molecule has 1 aromatic heterocycles. The van der Waals surface area contributed by atoms with E-state index in [4.69, 9.17) is 9.47 Å². The van der Waals surface area contributed by atoms with Crippen LogP contribution in [0.15, 0.2) is 140 Å². The molecule has 2 atom stereocenters. The molecule has 6 aromatic carbocycles. The number of benzene rings is 6. The van der Waals surface area contributed by atoms with Crippen molar-refractivity contribution in [3.8, 4) is 33.8 Å². The number of hydrogen-bond acceptors (Lipinski definition) is 4. The van der Waals surface area contributed by atoms with Gasteiger partial charge in [0.2, 0.25) is 0 Å². The third-order valence-corrected chi connectivity index (χ3v) is 11.3. The van der Waals surface area contributed by atoms with E-state index in [0.717, 1.165) is 40.4 Å². The van der Waals surface area contributed by atoms with Gasteiger partial charge in [-0.25, -0.2) is 0 Å². The zero-order valence-corrected chi connectivity index (χ0v) is 33.7. The summed E-state index contributed by atoms with van der Waals surface area (Å²) in [6.45, 7) is 13.3. The Balaban J connectivity index is 0.00000320. The van der Waals surface area contributed by atoms with Crippen molar-refractivity contribution < 1.29 is 14.3 Å². The average molecular weight is 773 g/mol. The lowest BCUT2D eigenvalue weighted by Gasteiger charge is -2.27. The van der Waals surface area contributed by atoms with Gasteiger partial charge < -0.3 is 18.9 Å². The lowest BCUT2D eigenvalue weighted by atomic mass is 9.87. The Kier molecular flexibility index (Phi) is 14.0. The Hall–Kier alpha value is -6.07. The van der Waals surface area contributed by atoms with Gasteiger partial charge in [0.25, 0.3) is 0 Å². The third kappa shape index (κ3) is 9.21. The summed E-state index contributed by atoms with van der Waals surface area (Å²) in [6, 6.07) is 48.8. The highest BCUT2D eigenvalue weighted by molar-refractivity contribution is 5.90. The van der Waals surface area contributed by atoms with E-state index in [1.54, 1.807) is 0 Å². The van der Waals surface area contributed by atoms with Crippen LogP contribution in [0.2, 0.25) is 0 Å². The predicted molar refractivity (Wildman–Crippen MR) is 246 cm³/mol. The normalized spacial score (nSPS) is 11.9. The van der Waals surface area contributed by atoms with Gasteiger partial charge in [-0.3, -0.25) is 4.79 Å². The number of carbonyl (C=O) groups excluding carboxylic acids is 1. The zero-order chi connectivity index (χ0) is 39.3. The Labute approximate surface area is 346 Å². The Morgan fingerprint density at radius 2 is 1.12 bits per heavy atom. The molecular formula is C53H60N2O3. The largest absolute Gasteiger partial charge is 0.494 e. The summed E-state index contributed by atoms with van der Waals surface area (Å²) in [5, 5.41) is 1.30. The van der Waals surface area contributed by atoms with E-state index in [0.29, 0.717) is 18.8 Å². The van der Waals surface area contributed by atoms with Crippen LogP contribution in [0, 0.1) is 26.7 Å². The first-order chi connectivity index (χ1) is 27.1. The number of aryl methyl sites for hydroxylation is 3. The Morgan fingerprint density at radius 1 is 0.638 bits per heavy atom. The Bertz CT molecular complexity index is 2410. The van der Waals surface area contributed by atoms with E-state index in [1.165, 1.54) is 44.4 Å². The second kappa shape index (κ2) is 18.9. The molecule has 7 aromatic rings. The summed E-state index contributed by atoms with van der Waals surface area (Å²) >= 11 is 0. The molecular weight excluding hydrogens is 713 g/mol. The molecule has 5 nitrogen and oxygen atoms in total. The molecule has 0 aliphatic carbocycles. The fourth-order valence-electron chi connectivity index (χ4n) is 7.68. The zero-order valence-electron chi connectivity index (χ0n) is 33.7. The highest BCUT2D eigenvalue weighted by Crippen LogP contribution is 2.38. The van der Waals surface area contributed by atoms with Crippen molar-refractivity contribution in [3.05, 3.63) is 162 Å². The SMILES string of the molecule is C.C.CCOc1ccc(N(c2ccc(C)cc2)c2ccc(C(CC)CC(C)C(=O)Oc3ccc(-c4ccc(-c5ccc6c(c5)c(C)c(C)n6C)cc4)cc3)cc2)cc1. The summed E-state index contributed by atoms with van der Waals surface area (Å²) in [6.07, 6.45) is 1.63. The number of ether oxygens (including phenoxy) is 2. The minimum absolute atomic E-state index is 0. The quantitative estimate of drug-likeness (QED) is 0.0865. The maximum Gasteiger partial charge on any atom is 0.314 e. The molecule has 1 heterocycles. The maximum atomic E-state index is 13.4. The van der Waals surface area contributed by atoms with E-state index in [-0.39, 0.29) is 32.7 Å². The molecule has 0 radical (unpaired) electrons. The second-order valence-electron chi connectivity index (χ2n) is 15.0. The fraction of sp³-hybridized carbons (Fsp3) is 0.264. The third-order valence-electron chi connectivity index (χ3n) is 11.3. The molecule has 0 aliphatic heterocycles. The summed E-state index contributed by atoms with van der Waals surface area (Å²) in [7, 11) is 2.13. The first kappa shape index (κ1) is 43.1. The monoisotopic (exact) mass is 772 g/mol. The fourth-order valence-corrected chi connectivity index (χ4v) is 7.68. The summed E-state index contributed by atoms with van der Waals surface area (Å²) < 4.78 is 13.9. The van der Waals surface area contributed by atoms with Crippen LogP contribution in [0.25, 0.3) is 33.2 Å². The topological polar surface area (TPSA) is 43.7 Å². The van der Waals surface area contributed by atoms with Gasteiger partial charge in [0.15, 0.2) is 0 Å². The van der Waals surface area contributed by atoms with Gasteiger partial charge in [-0.05, 0) is 153 Å². The standard InChI is InChI=1S/C51H52N2O3.2CH4/c1-8-38(39-16-23-45(24-17-39)53(44-21-10-34(3)11-22-44)46-25-29-47(30-26-46)55-9-2)32-35(4)51(54)56-48-27-18-41(19-28-48)40-12-14-42(15-13-40)43-20-31-50-49(33-43)36(5)37(6)52(50)7;;/h10-31,33,35,38H,8-9,32H2,1-7H3;2*1H4.